The summed E-state index contributed by atoms with van der Waals surface area (Å²) in [5.74, 6) is 1.73. The molecule has 0 saturated heterocycles. The molecule has 0 amide bonds. The molecule has 0 fully saturated rings. The molecule has 83 heavy (non-hydrogen) atoms. The molecule has 0 aromatic carbocycles. The van der Waals surface area contributed by atoms with Crippen LogP contribution in [0.25, 0.3) is 0 Å². The molecule has 0 rings (SSSR count). The van der Waals surface area contributed by atoms with Crippen LogP contribution in [0.15, 0.2) is 25.3 Å². The number of sulfonamides is 1. The largest absolute Gasteiger partial charge is 0.512 e. The van der Waals surface area contributed by atoms with E-state index in [1.165, 1.54) is 6.92 Å². The zero-order chi connectivity index (χ0) is 68.8. The van der Waals surface area contributed by atoms with Crippen LogP contribution in [0.3, 0.4) is 0 Å². The van der Waals surface area contributed by atoms with E-state index in [0.717, 1.165) is 12.2 Å². The number of hydrogen-bond acceptors (Lipinski definition) is 26. The van der Waals surface area contributed by atoms with Crippen LogP contribution in [-0.4, -0.2) is 102 Å². The molecule has 0 bridgehead atoms. The molecule has 504 valence electrons. The molecule has 0 heterocycles. The van der Waals surface area contributed by atoms with E-state index < -0.39 is 170 Å². The highest BCUT2D eigenvalue weighted by atomic mass is 32.3. The van der Waals surface area contributed by atoms with Crippen molar-refractivity contribution in [1.82, 2.24) is 31.8 Å². The molecule has 3 unspecified atom stereocenters. The first-order valence-corrected chi connectivity index (χ1v) is 37.0. The molecule has 0 aliphatic heterocycles. The van der Waals surface area contributed by atoms with Gasteiger partial charge in [-0.2, -0.15) is 68.4 Å². The quantitative estimate of drug-likeness (QED) is 0.0133. The standard InChI is InChI=1S/C4H8F5NO4P2.2C3H6F2NO4PS.C3H4F2NO4PS.CHF5NO3PS.CH4F2NO4PS.F3HNO3PS/c1-2-13-15(8,11)10-16(9,12)14-3-4(5,6)7;1-2-3-10-11(4,7)6-12(5,8)9;2*1-2-3-10-12(8,9)6-11(4,5)7;2-1(3,4)12(9,10)7-11(5,6)8;1-8-10(6,7)4-9(2,3)5;1-8(2,5)4-9(3,6)7/h2-3H2,1H3,(H,10,11,12);2*2H,1,3H2,(H,6,7);1H,3H2,(H,6,7);(H,7,8);1H3,(H,4,5);(H,4,5). The fourth-order valence-corrected chi connectivity index (χ4v) is 12.6. The lowest BCUT2D eigenvalue weighted by Gasteiger charge is -2.14. The highest BCUT2D eigenvalue weighted by Gasteiger charge is 2.50. The van der Waals surface area contributed by atoms with Gasteiger partial charge in [-0.3, -0.25) is 21.9 Å². The maximum atomic E-state index is 12.7. The van der Waals surface area contributed by atoms with Gasteiger partial charge in [0.15, 0.2) is 6.61 Å². The van der Waals surface area contributed by atoms with Crippen LogP contribution in [0.1, 0.15) is 6.92 Å². The highest BCUT2D eigenvalue weighted by Crippen LogP contribution is 2.59. The molecule has 0 aliphatic carbocycles. The second-order valence-corrected chi connectivity index (χ2v) is 30.9. The minimum absolute atomic E-state index is 0.0139. The summed E-state index contributed by atoms with van der Waals surface area (Å²) in [5.41, 5.74) is -5.89. The zero-order valence-electron chi connectivity index (χ0n) is 38.3. The number of hydrogen-bond donors (Lipinski definition) is 7. The molecule has 68 heteroatoms. The van der Waals surface area contributed by atoms with E-state index in [1.807, 2.05) is 0 Å². The van der Waals surface area contributed by atoms with Gasteiger partial charge < -0.3 is 0 Å². The van der Waals surface area contributed by atoms with Crippen molar-refractivity contribution >= 4 is 125 Å². The fraction of sp³-hybridized carbons (Fsp3) is 0.600. The Balaban J connectivity index is -0.000000163. The Morgan fingerprint density at radius 2 is 0.807 bits per heavy atom. The molecule has 0 saturated carbocycles. The van der Waals surface area contributed by atoms with Crippen molar-refractivity contribution < 1.29 is 202 Å². The van der Waals surface area contributed by atoms with Gasteiger partial charge >= 0.3 is 136 Å². The first-order chi connectivity index (χ1) is 35.7. The third-order valence-electron chi connectivity index (χ3n) is 3.76. The number of alkyl halides is 6. The van der Waals surface area contributed by atoms with Gasteiger partial charge in [0.05, 0.1) is 26.9 Å². The second-order valence-electron chi connectivity index (χ2n) is 10.7. The third kappa shape index (κ3) is 80.6. The smallest absolute Gasteiger partial charge is 0.294 e. The van der Waals surface area contributed by atoms with E-state index in [2.05, 4.69) is 45.7 Å². The average molecular weight is 1560 g/mol. The maximum absolute atomic E-state index is 12.7. The van der Waals surface area contributed by atoms with E-state index >= 15 is 0 Å². The van der Waals surface area contributed by atoms with Gasteiger partial charge in [0.1, 0.15) is 6.61 Å². The summed E-state index contributed by atoms with van der Waals surface area (Å²) in [5, 5.41) is 0. The van der Waals surface area contributed by atoms with Crippen LogP contribution in [0, 0.1) is 12.3 Å². The molecule has 0 aliphatic rings. The molecule has 0 aromatic rings. The van der Waals surface area contributed by atoms with Crippen molar-refractivity contribution in [3.63, 3.8) is 0 Å². The number of halogens is 21. The van der Waals surface area contributed by atoms with Gasteiger partial charge in [0.25, 0.3) is 0 Å². The summed E-state index contributed by atoms with van der Waals surface area (Å²) in [4.78, 5) is 0.639. The minimum atomic E-state index is -6.44. The van der Waals surface area contributed by atoms with Gasteiger partial charge in [-0.1, -0.05) is 48.3 Å². The Morgan fingerprint density at radius 1 is 0.482 bits per heavy atom. The first-order valence-electron chi connectivity index (χ1n) is 16.6. The van der Waals surface area contributed by atoms with Crippen molar-refractivity contribution in [3.8, 4) is 12.3 Å². The molecule has 0 aromatic heterocycles. The first kappa shape index (κ1) is 95.2. The van der Waals surface area contributed by atoms with Crippen LogP contribution in [0.4, 0.5) is 88.7 Å². The molecular formula is C15H30F21N7O26P8S6. The van der Waals surface area contributed by atoms with Crippen LogP contribution in [-0.2, 0) is 124 Å². The van der Waals surface area contributed by atoms with Crippen LogP contribution < -0.4 is 31.8 Å². The van der Waals surface area contributed by atoms with Crippen LogP contribution in [0.5, 0.6) is 0 Å². The molecule has 0 radical (unpaired) electrons. The van der Waals surface area contributed by atoms with E-state index in [0.29, 0.717) is 29.9 Å². The van der Waals surface area contributed by atoms with Gasteiger partial charge in [-0.05, 0) is 6.92 Å². The van der Waals surface area contributed by atoms with Crippen LogP contribution in [0.2, 0.25) is 0 Å². The van der Waals surface area contributed by atoms with Crippen molar-refractivity contribution in [2.45, 2.75) is 18.6 Å². The van der Waals surface area contributed by atoms with Gasteiger partial charge in [0, 0.05) is 0 Å². The monoisotopic (exact) mass is 1560 g/mol. The van der Waals surface area contributed by atoms with E-state index in [9.17, 15) is 171 Å². The van der Waals surface area contributed by atoms with Crippen molar-refractivity contribution in [1.29, 1.82) is 0 Å². The topological polar surface area (TPSA) is 481 Å². The Morgan fingerprint density at radius 3 is 1.04 bits per heavy atom. The van der Waals surface area contributed by atoms with Crippen molar-refractivity contribution in [2.24, 2.45) is 0 Å². The maximum Gasteiger partial charge on any atom is 0.512 e. The van der Waals surface area contributed by atoms with Crippen LogP contribution >= 0.6 is 63.1 Å². The summed E-state index contributed by atoms with van der Waals surface area (Å²) in [7, 11) is -76.3. The average Bonchev–Trinajstić information content (AvgIpc) is 3.12. The van der Waals surface area contributed by atoms with Crippen molar-refractivity contribution in [3.05, 3.63) is 25.3 Å². The Bertz CT molecular complexity index is 3210. The van der Waals surface area contributed by atoms with Gasteiger partial charge in [0.2, 0.25) is 0 Å². The lowest BCUT2D eigenvalue weighted by atomic mass is 10.7. The molecule has 7 N–H and O–H groups in total. The van der Waals surface area contributed by atoms with Crippen molar-refractivity contribution in [2.75, 3.05) is 40.1 Å². The molecule has 3 atom stereocenters. The fourth-order valence-electron chi connectivity index (χ4n) is 1.88. The molecular weight excluding hydrogens is 1530 g/mol. The SMILES string of the molecule is C#CCOS(=O)(=O)NP(=O)(F)F.C=CCOP(=O)(F)NS(=O)(=O)F.C=CCOS(=O)(=O)NP(=O)(F)F.CCOP(=O)(F)NP(=O)(F)OCC(F)(F)F.COS(=O)(=O)NP(=O)(F)F.O=P(F)(F)NS(=O)(=O)C(F)(F)F.O=P(F)(F)NS(=O)(=O)F. The third-order valence-corrected chi connectivity index (χ3v) is 19.6. The lowest BCUT2D eigenvalue weighted by Crippen LogP contribution is -2.33. The Hall–Kier alpha value is -1.41. The highest BCUT2D eigenvalue weighted by molar-refractivity contribution is 7.95. The van der Waals surface area contributed by atoms with Gasteiger partial charge in [-0.15, -0.1) is 83.5 Å². The van der Waals surface area contributed by atoms with Gasteiger partial charge in [-0.25, -0.2) is 49.1 Å². The predicted molar refractivity (Wildman–Crippen MR) is 237 cm³/mol. The number of rotatable bonds is 27. The predicted octanol–water partition coefficient (Wildman–Crippen LogP) is 8.83. The normalized spacial score (nSPS) is 15.2. The number of nitrogens with one attached hydrogen (secondary N) is 7. The lowest BCUT2D eigenvalue weighted by molar-refractivity contribution is -0.154. The summed E-state index contributed by atoms with van der Waals surface area (Å²) in [6, 6.07) is 0. The Kier molecular flexibility index (Phi) is 43.8. The minimum Gasteiger partial charge on any atom is -0.294 e. The summed E-state index contributed by atoms with van der Waals surface area (Å²) < 4.78 is 464. The summed E-state index contributed by atoms with van der Waals surface area (Å²) in [6.45, 7) is 3.03. The summed E-state index contributed by atoms with van der Waals surface area (Å²) >= 11 is 0. The van der Waals surface area contributed by atoms with E-state index in [-0.39, 0.29) is 8.99 Å². The second kappa shape index (κ2) is 38.2. The number of terminal acetylenes is 1. The molecule has 0 spiro atoms. The Labute approximate surface area is 453 Å². The zero-order valence-corrected chi connectivity index (χ0v) is 50.3. The molecule has 33 nitrogen and oxygen atoms in total. The summed E-state index contributed by atoms with van der Waals surface area (Å²) in [6.07, 6.45) is 1.70. The van der Waals surface area contributed by atoms with E-state index in [4.69, 9.17) is 4.57 Å². The van der Waals surface area contributed by atoms with E-state index in [1.54, 1.807) is 5.92 Å².